The van der Waals surface area contributed by atoms with E-state index in [1.807, 2.05) is 48.5 Å². The normalized spacial score (nSPS) is 14.9. The second-order valence-corrected chi connectivity index (χ2v) is 11.7. The average Bonchev–Trinajstić information content (AvgIpc) is 3.67. The van der Waals surface area contributed by atoms with Crippen molar-refractivity contribution in [3.63, 3.8) is 0 Å². The van der Waals surface area contributed by atoms with Crippen molar-refractivity contribution >= 4 is 35.1 Å². The molecule has 1 saturated carbocycles. The van der Waals surface area contributed by atoms with Crippen LogP contribution in [0.1, 0.15) is 43.2 Å². The molecule has 0 radical (unpaired) electrons. The third-order valence-electron chi connectivity index (χ3n) is 6.21. The van der Waals surface area contributed by atoms with E-state index >= 15 is 0 Å². The number of thioether (sulfide) groups is 2. The van der Waals surface area contributed by atoms with Crippen molar-refractivity contribution in [1.29, 1.82) is 0 Å². The Balaban J connectivity index is 1.42. The average molecular weight is 546 g/mol. The highest BCUT2D eigenvalue weighted by Crippen LogP contribution is 2.59. The van der Waals surface area contributed by atoms with Gasteiger partial charge in [-0.05, 0) is 84.7 Å². The number of hydrogen-bond acceptors (Lipinski definition) is 4. The summed E-state index contributed by atoms with van der Waals surface area (Å²) in [5.74, 6) is -0.0263. The first-order valence-electron chi connectivity index (χ1n) is 12.3. The van der Waals surface area contributed by atoms with Gasteiger partial charge in [-0.1, -0.05) is 31.2 Å². The fraction of sp³-hybridized carbons (Fsp3) is 0.345. The van der Waals surface area contributed by atoms with E-state index in [0.717, 1.165) is 33.9 Å². The number of nitrogens with one attached hydrogen (secondary N) is 1. The monoisotopic (exact) mass is 545 g/mol. The highest BCUT2D eigenvalue weighted by molar-refractivity contribution is 8.00. The quantitative estimate of drug-likeness (QED) is 0.174. The molecule has 1 unspecified atom stereocenters. The highest BCUT2D eigenvalue weighted by atomic mass is 32.2. The molecule has 0 aliphatic heterocycles. The molecule has 3 aromatic rings. The van der Waals surface area contributed by atoms with Crippen LogP contribution in [0.25, 0.3) is 0 Å². The van der Waals surface area contributed by atoms with Crippen LogP contribution >= 0.6 is 23.5 Å². The number of hydrogen-bond donors (Lipinski definition) is 1. The van der Waals surface area contributed by atoms with Crippen LogP contribution in [0.4, 0.5) is 18.9 Å². The van der Waals surface area contributed by atoms with Crippen LogP contribution in [0.5, 0.6) is 0 Å². The number of alkyl halides is 2. The minimum absolute atomic E-state index is 0.0246. The van der Waals surface area contributed by atoms with Crippen LogP contribution in [-0.4, -0.2) is 31.3 Å². The number of amides is 1. The number of carbonyl (C=O) groups excluding carboxylic acids is 1. The van der Waals surface area contributed by atoms with E-state index in [1.54, 1.807) is 35.7 Å². The minimum atomic E-state index is -2.54. The molecule has 0 bridgehead atoms. The molecule has 0 aromatic heterocycles. The van der Waals surface area contributed by atoms with Gasteiger partial charge in [0.2, 0.25) is 5.91 Å². The zero-order valence-electron chi connectivity index (χ0n) is 20.6. The smallest absolute Gasteiger partial charge is 0.261 e. The van der Waals surface area contributed by atoms with E-state index in [-0.39, 0.29) is 23.1 Å². The maximum atomic E-state index is 13.3. The molecule has 1 aliphatic carbocycles. The summed E-state index contributed by atoms with van der Waals surface area (Å²) in [5.41, 5.74) is 2.66. The lowest BCUT2D eigenvalue weighted by atomic mass is 9.95. The first-order chi connectivity index (χ1) is 17.9. The summed E-state index contributed by atoms with van der Waals surface area (Å²) >= 11 is 3.45. The van der Waals surface area contributed by atoms with Crippen LogP contribution in [0, 0.1) is 5.82 Å². The summed E-state index contributed by atoms with van der Waals surface area (Å²) in [5, 5.41) is 2.99. The van der Waals surface area contributed by atoms with Crippen molar-refractivity contribution in [3.8, 4) is 0 Å². The Labute approximate surface area is 224 Å². The summed E-state index contributed by atoms with van der Waals surface area (Å²) < 4.78 is 43.3. The van der Waals surface area contributed by atoms with Crippen molar-refractivity contribution in [3.05, 3.63) is 89.7 Å². The first-order valence-corrected chi connectivity index (χ1v) is 14.1. The van der Waals surface area contributed by atoms with Crippen molar-refractivity contribution in [1.82, 2.24) is 0 Å². The molecule has 1 fully saturated rings. The molecule has 1 N–H and O–H groups in total. The maximum Gasteiger partial charge on any atom is 0.261 e. The Morgan fingerprint density at radius 1 is 0.973 bits per heavy atom. The van der Waals surface area contributed by atoms with E-state index in [2.05, 4.69) is 12.2 Å². The molecule has 1 aliphatic rings. The van der Waals surface area contributed by atoms with E-state index < -0.39 is 19.0 Å². The maximum absolute atomic E-state index is 13.3. The molecule has 1 atom stereocenters. The molecule has 3 nitrogen and oxygen atoms in total. The molecule has 196 valence electrons. The van der Waals surface area contributed by atoms with Crippen molar-refractivity contribution < 1.29 is 22.7 Å². The van der Waals surface area contributed by atoms with E-state index in [0.29, 0.717) is 12.1 Å². The number of anilines is 1. The summed E-state index contributed by atoms with van der Waals surface area (Å²) in [7, 11) is 0. The third-order valence-corrected chi connectivity index (χ3v) is 8.65. The van der Waals surface area contributed by atoms with Gasteiger partial charge in [0, 0.05) is 26.8 Å². The van der Waals surface area contributed by atoms with Gasteiger partial charge in [0.05, 0.1) is 5.92 Å². The standard InChI is InChI=1S/C29H30F3NO2S2/c1-2-36-24-11-3-20(4-12-24)26(15-18-35-19-27(31)32)28(34)33-23-9-5-21(6-10-23)29(16-17-29)37-25-13-7-22(30)8-14-25/h3-14,26-27H,2,15-19H2,1H3,(H,33,34). The van der Waals surface area contributed by atoms with Crippen molar-refractivity contribution in [2.24, 2.45) is 0 Å². The lowest BCUT2D eigenvalue weighted by Gasteiger charge is -2.19. The number of ether oxygens (including phenoxy) is 1. The fourth-order valence-corrected chi connectivity index (χ4v) is 6.11. The second kappa shape index (κ2) is 12.9. The van der Waals surface area contributed by atoms with Gasteiger partial charge >= 0.3 is 0 Å². The molecule has 4 rings (SSSR count). The van der Waals surface area contributed by atoms with Crippen LogP contribution < -0.4 is 5.32 Å². The molecule has 37 heavy (non-hydrogen) atoms. The summed E-state index contributed by atoms with van der Waals surface area (Å²) in [6.45, 7) is 1.50. The number of benzene rings is 3. The summed E-state index contributed by atoms with van der Waals surface area (Å²) in [4.78, 5) is 15.4. The van der Waals surface area contributed by atoms with Crippen LogP contribution in [0.15, 0.2) is 82.6 Å². The van der Waals surface area contributed by atoms with Crippen LogP contribution in [0.2, 0.25) is 0 Å². The summed E-state index contributed by atoms with van der Waals surface area (Å²) in [6, 6.07) is 22.2. The minimum Gasteiger partial charge on any atom is -0.375 e. The molecule has 8 heteroatoms. The van der Waals surface area contributed by atoms with Gasteiger partial charge in [-0.3, -0.25) is 4.79 Å². The molecule has 0 saturated heterocycles. The van der Waals surface area contributed by atoms with Gasteiger partial charge < -0.3 is 10.1 Å². The topological polar surface area (TPSA) is 38.3 Å². The SMILES string of the molecule is CCSc1ccc(C(CCOCC(F)F)C(=O)Nc2ccc(C3(Sc4ccc(F)cc4)CC3)cc2)cc1. The number of halogens is 3. The van der Waals surface area contributed by atoms with E-state index in [4.69, 9.17) is 4.74 Å². The van der Waals surface area contributed by atoms with Crippen molar-refractivity contribution in [2.45, 2.75) is 53.1 Å². The zero-order chi connectivity index (χ0) is 26.3. The van der Waals surface area contributed by atoms with Gasteiger partial charge in [-0.25, -0.2) is 13.2 Å². The number of rotatable bonds is 13. The predicted octanol–water partition coefficient (Wildman–Crippen LogP) is 8.11. The lowest BCUT2D eigenvalue weighted by molar-refractivity contribution is -0.118. The molecule has 0 spiro atoms. The van der Waals surface area contributed by atoms with E-state index in [9.17, 15) is 18.0 Å². The van der Waals surface area contributed by atoms with Gasteiger partial charge in [0.15, 0.2) is 0 Å². The first kappa shape index (κ1) is 27.6. The van der Waals surface area contributed by atoms with Crippen LogP contribution in [-0.2, 0) is 14.3 Å². The molecule has 0 heterocycles. The zero-order valence-corrected chi connectivity index (χ0v) is 22.2. The largest absolute Gasteiger partial charge is 0.375 e. The van der Waals surface area contributed by atoms with Gasteiger partial charge in [0.25, 0.3) is 6.43 Å². The molecular formula is C29H30F3NO2S2. The van der Waals surface area contributed by atoms with Crippen molar-refractivity contribution in [2.75, 3.05) is 24.3 Å². The van der Waals surface area contributed by atoms with Gasteiger partial charge in [-0.2, -0.15) is 0 Å². The lowest BCUT2D eigenvalue weighted by Crippen LogP contribution is -2.23. The van der Waals surface area contributed by atoms with Gasteiger partial charge in [-0.15, -0.1) is 23.5 Å². The molecule has 1 amide bonds. The third kappa shape index (κ3) is 7.79. The van der Waals surface area contributed by atoms with E-state index in [1.165, 1.54) is 17.7 Å². The predicted molar refractivity (Wildman–Crippen MR) is 145 cm³/mol. The van der Waals surface area contributed by atoms with Gasteiger partial charge in [0.1, 0.15) is 12.4 Å². The Bertz CT molecular complexity index is 1150. The molecule has 3 aromatic carbocycles. The Hall–Kier alpha value is -2.42. The Kier molecular flexibility index (Phi) is 9.62. The summed E-state index contributed by atoms with van der Waals surface area (Å²) in [6.07, 6.45) is -0.164. The Morgan fingerprint density at radius 2 is 1.62 bits per heavy atom. The Morgan fingerprint density at radius 3 is 2.22 bits per heavy atom. The second-order valence-electron chi connectivity index (χ2n) is 8.93. The molecular weight excluding hydrogens is 515 g/mol. The highest BCUT2D eigenvalue weighted by Gasteiger charge is 2.45. The van der Waals surface area contributed by atoms with Crippen LogP contribution in [0.3, 0.4) is 0 Å². The number of carbonyl (C=O) groups is 1. The fourth-order valence-electron chi connectivity index (χ4n) is 4.16.